The number of hydrogen-bond acceptors (Lipinski definition) is 6. The van der Waals surface area contributed by atoms with Gasteiger partial charge >= 0.3 is 0 Å². The number of carbonyl (C=O) groups excluding carboxylic acids is 2. The number of carbonyl (C=O) groups is 2. The Labute approximate surface area is 146 Å². The number of amides is 2. The van der Waals surface area contributed by atoms with Crippen LogP contribution in [0, 0.1) is 0 Å². The lowest BCUT2D eigenvalue weighted by Crippen LogP contribution is -2.46. The molecule has 2 N–H and O–H groups in total. The van der Waals surface area contributed by atoms with Crippen LogP contribution in [0.1, 0.15) is 13.3 Å². The molecule has 134 valence electrons. The number of benzene rings is 1. The van der Waals surface area contributed by atoms with Crippen molar-refractivity contribution in [1.82, 2.24) is 10.2 Å². The standard InChI is InChI=1S/C17H22N4O4/c1-2-25-13-5-3-12(4-6-13)18-15(22)11-14-16(23)20-17(19-14)21-7-9-24-10-8-21/h3-6,14H,2,7-11H2,1H3,(H,18,22)(H,19,20,23). The summed E-state index contributed by atoms with van der Waals surface area (Å²) in [5.41, 5.74) is 0.657. The van der Waals surface area contributed by atoms with Gasteiger partial charge in [0, 0.05) is 18.8 Å². The molecule has 1 aromatic carbocycles. The van der Waals surface area contributed by atoms with Crippen LogP contribution < -0.4 is 15.4 Å². The molecular formula is C17H22N4O4. The van der Waals surface area contributed by atoms with Gasteiger partial charge in [0.2, 0.25) is 11.9 Å². The van der Waals surface area contributed by atoms with Crippen LogP contribution >= 0.6 is 0 Å². The lowest BCUT2D eigenvalue weighted by molar-refractivity contribution is -0.124. The highest BCUT2D eigenvalue weighted by Gasteiger charge is 2.31. The van der Waals surface area contributed by atoms with Gasteiger partial charge in [-0.25, -0.2) is 4.99 Å². The molecule has 1 saturated heterocycles. The summed E-state index contributed by atoms with van der Waals surface area (Å²) in [5.74, 6) is 0.780. The fraction of sp³-hybridized carbons (Fsp3) is 0.471. The number of guanidine groups is 1. The molecule has 1 atom stereocenters. The predicted octanol–water partition coefficient (Wildman–Crippen LogP) is 0.600. The highest BCUT2D eigenvalue weighted by molar-refractivity contribution is 6.07. The van der Waals surface area contributed by atoms with E-state index in [1.54, 1.807) is 24.3 Å². The summed E-state index contributed by atoms with van der Waals surface area (Å²) in [5, 5.41) is 5.53. The minimum Gasteiger partial charge on any atom is -0.494 e. The first-order valence-electron chi connectivity index (χ1n) is 8.40. The molecule has 25 heavy (non-hydrogen) atoms. The molecule has 8 heteroatoms. The summed E-state index contributed by atoms with van der Waals surface area (Å²) < 4.78 is 10.6. The number of anilines is 1. The minimum atomic E-state index is -0.694. The number of ether oxygens (including phenoxy) is 2. The number of hydrogen-bond donors (Lipinski definition) is 2. The lowest BCUT2D eigenvalue weighted by Gasteiger charge is -2.27. The molecule has 0 bridgehead atoms. The Balaban J connectivity index is 1.54. The highest BCUT2D eigenvalue weighted by atomic mass is 16.5. The van der Waals surface area contributed by atoms with Crippen molar-refractivity contribution >= 4 is 23.5 Å². The van der Waals surface area contributed by atoms with E-state index in [2.05, 4.69) is 15.6 Å². The van der Waals surface area contributed by atoms with Crippen molar-refractivity contribution in [3.8, 4) is 5.75 Å². The normalized spacial score (nSPS) is 20.0. The quantitative estimate of drug-likeness (QED) is 0.815. The fourth-order valence-electron chi connectivity index (χ4n) is 2.70. The van der Waals surface area contributed by atoms with Crippen molar-refractivity contribution in [3.63, 3.8) is 0 Å². The zero-order valence-electron chi connectivity index (χ0n) is 14.2. The van der Waals surface area contributed by atoms with Gasteiger partial charge in [-0.15, -0.1) is 0 Å². The van der Waals surface area contributed by atoms with Gasteiger partial charge in [0.15, 0.2) is 0 Å². The molecular weight excluding hydrogens is 324 g/mol. The van der Waals surface area contributed by atoms with Crippen molar-refractivity contribution in [2.75, 3.05) is 38.2 Å². The van der Waals surface area contributed by atoms with E-state index in [4.69, 9.17) is 9.47 Å². The second-order valence-electron chi connectivity index (χ2n) is 5.77. The van der Waals surface area contributed by atoms with Crippen molar-refractivity contribution in [2.45, 2.75) is 19.4 Å². The number of morpholine rings is 1. The van der Waals surface area contributed by atoms with Gasteiger partial charge in [-0.1, -0.05) is 0 Å². The summed E-state index contributed by atoms with van der Waals surface area (Å²) in [6, 6.07) is 6.41. The van der Waals surface area contributed by atoms with Gasteiger partial charge in [0.1, 0.15) is 11.8 Å². The van der Waals surface area contributed by atoms with E-state index in [0.717, 1.165) is 5.75 Å². The van der Waals surface area contributed by atoms with Crippen LogP contribution in [0.3, 0.4) is 0 Å². The Hall–Kier alpha value is -2.61. The predicted molar refractivity (Wildman–Crippen MR) is 92.6 cm³/mol. The molecule has 0 aliphatic carbocycles. The van der Waals surface area contributed by atoms with E-state index in [-0.39, 0.29) is 18.2 Å². The molecule has 0 aromatic heterocycles. The topological polar surface area (TPSA) is 92.3 Å². The molecule has 2 aliphatic rings. The van der Waals surface area contributed by atoms with Gasteiger partial charge < -0.3 is 19.7 Å². The minimum absolute atomic E-state index is 0.00683. The van der Waals surface area contributed by atoms with E-state index in [0.29, 0.717) is 44.6 Å². The van der Waals surface area contributed by atoms with Gasteiger partial charge in [-0.2, -0.15) is 0 Å². The smallest absolute Gasteiger partial charge is 0.252 e. The zero-order chi connectivity index (χ0) is 17.6. The molecule has 2 heterocycles. The Morgan fingerprint density at radius 3 is 2.76 bits per heavy atom. The van der Waals surface area contributed by atoms with E-state index in [9.17, 15) is 9.59 Å². The van der Waals surface area contributed by atoms with Crippen LogP contribution in [0.4, 0.5) is 5.69 Å². The Kier molecular flexibility index (Phi) is 5.49. The van der Waals surface area contributed by atoms with Crippen LogP contribution in [0.25, 0.3) is 0 Å². The van der Waals surface area contributed by atoms with Gasteiger partial charge in [0.05, 0.1) is 26.2 Å². The van der Waals surface area contributed by atoms with E-state index >= 15 is 0 Å². The van der Waals surface area contributed by atoms with Crippen molar-refractivity contribution in [3.05, 3.63) is 24.3 Å². The number of nitrogens with zero attached hydrogens (tertiary/aromatic N) is 2. The molecule has 0 saturated carbocycles. The van der Waals surface area contributed by atoms with Crippen molar-refractivity contribution in [2.24, 2.45) is 4.99 Å². The Bertz CT molecular complexity index is 653. The molecule has 1 unspecified atom stereocenters. The second kappa shape index (κ2) is 7.98. The zero-order valence-corrected chi connectivity index (χ0v) is 14.2. The maximum absolute atomic E-state index is 12.2. The van der Waals surface area contributed by atoms with Crippen LogP contribution in [0.5, 0.6) is 5.75 Å². The molecule has 2 amide bonds. The second-order valence-corrected chi connectivity index (χ2v) is 5.77. The lowest BCUT2D eigenvalue weighted by atomic mass is 10.2. The fourth-order valence-corrected chi connectivity index (χ4v) is 2.70. The summed E-state index contributed by atoms with van der Waals surface area (Å²) in [6.07, 6.45) is 0.00683. The van der Waals surface area contributed by atoms with Gasteiger partial charge in [-0.05, 0) is 31.2 Å². The average molecular weight is 346 g/mol. The third-order valence-corrected chi connectivity index (χ3v) is 3.95. The number of aliphatic imine (C=N–C) groups is 1. The van der Waals surface area contributed by atoms with E-state index in [1.165, 1.54) is 0 Å². The third-order valence-electron chi connectivity index (χ3n) is 3.95. The molecule has 2 aliphatic heterocycles. The van der Waals surface area contributed by atoms with Crippen LogP contribution in [0.2, 0.25) is 0 Å². The summed E-state index contributed by atoms with van der Waals surface area (Å²) in [6.45, 7) is 5.09. The molecule has 1 fully saturated rings. The van der Waals surface area contributed by atoms with Gasteiger partial charge in [0.25, 0.3) is 5.91 Å². The first-order valence-corrected chi connectivity index (χ1v) is 8.40. The van der Waals surface area contributed by atoms with Crippen LogP contribution in [-0.2, 0) is 14.3 Å². The number of rotatable bonds is 5. The van der Waals surface area contributed by atoms with Crippen LogP contribution in [-0.4, -0.2) is 61.6 Å². The number of nitrogens with one attached hydrogen (secondary N) is 2. The Morgan fingerprint density at radius 2 is 2.08 bits per heavy atom. The first-order chi connectivity index (χ1) is 12.2. The van der Waals surface area contributed by atoms with E-state index < -0.39 is 6.04 Å². The maximum atomic E-state index is 12.2. The molecule has 0 spiro atoms. The monoisotopic (exact) mass is 346 g/mol. The molecule has 8 nitrogen and oxygen atoms in total. The van der Waals surface area contributed by atoms with Crippen molar-refractivity contribution < 1.29 is 19.1 Å². The molecule has 1 aromatic rings. The summed E-state index contributed by atoms with van der Waals surface area (Å²) in [7, 11) is 0. The summed E-state index contributed by atoms with van der Waals surface area (Å²) in [4.78, 5) is 30.6. The largest absolute Gasteiger partial charge is 0.494 e. The SMILES string of the molecule is CCOc1ccc(NC(=O)CC2N=C(N3CCOCC3)NC2=O)cc1. The van der Waals surface area contributed by atoms with Gasteiger partial charge in [-0.3, -0.25) is 14.9 Å². The van der Waals surface area contributed by atoms with E-state index in [1.807, 2.05) is 11.8 Å². The van der Waals surface area contributed by atoms with Crippen molar-refractivity contribution in [1.29, 1.82) is 0 Å². The molecule has 3 rings (SSSR count). The molecule has 0 radical (unpaired) electrons. The Morgan fingerprint density at radius 1 is 1.36 bits per heavy atom. The highest BCUT2D eigenvalue weighted by Crippen LogP contribution is 2.17. The summed E-state index contributed by atoms with van der Waals surface area (Å²) >= 11 is 0. The average Bonchev–Trinajstić information content (AvgIpc) is 2.98. The maximum Gasteiger partial charge on any atom is 0.252 e. The first kappa shape index (κ1) is 17.2. The van der Waals surface area contributed by atoms with Crippen LogP contribution in [0.15, 0.2) is 29.3 Å². The third kappa shape index (κ3) is 4.48.